The molecule has 0 saturated heterocycles. The van der Waals surface area contributed by atoms with Gasteiger partial charge in [-0.15, -0.1) is 0 Å². The number of nitrogens with two attached hydrogens (primary N) is 1. The number of rotatable bonds is 2. The van der Waals surface area contributed by atoms with Crippen molar-refractivity contribution in [3.8, 4) is 0 Å². The van der Waals surface area contributed by atoms with Crippen LogP contribution in [0.25, 0.3) is 10.9 Å². The Bertz CT molecular complexity index is 924. The highest BCUT2D eigenvalue weighted by Gasteiger charge is 2.31. The van der Waals surface area contributed by atoms with Crippen LogP contribution in [0.5, 0.6) is 0 Å². The van der Waals surface area contributed by atoms with E-state index in [-0.39, 0.29) is 0 Å². The van der Waals surface area contributed by atoms with E-state index in [9.17, 15) is 0 Å². The van der Waals surface area contributed by atoms with Crippen molar-refractivity contribution in [1.29, 1.82) is 0 Å². The van der Waals surface area contributed by atoms with Crippen molar-refractivity contribution in [2.45, 2.75) is 31.8 Å². The summed E-state index contributed by atoms with van der Waals surface area (Å²) in [5.41, 5.74) is 9.35. The average molecular weight is 306 g/mol. The molecule has 2 N–H and O–H groups in total. The van der Waals surface area contributed by atoms with Gasteiger partial charge in [-0.25, -0.2) is 9.97 Å². The first-order valence-electron chi connectivity index (χ1n) is 8.02. The van der Waals surface area contributed by atoms with E-state index in [1.54, 1.807) is 4.68 Å². The van der Waals surface area contributed by atoms with Crippen LogP contribution in [0, 0.1) is 0 Å². The van der Waals surface area contributed by atoms with E-state index in [0.29, 0.717) is 5.92 Å². The smallest absolute Gasteiger partial charge is 0.140 e. The molecule has 1 aliphatic heterocycles. The van der Waals surface area contributed by atoms with Crippen molar-refractivity contribution in [3.63, 3.8) is 0 Å². The minimum atomic E-state index is 0.535. The van der Waals surface area contributed by atoms with E-state index < -0.39 is 0 Å². The molecule has 0 bridgehead atoms. The van der Waals surface area contributed by atoms with Crippen LogP contribution in [0.4, 0.5) is 11.6 Å². The first-order valence-corrected chi connectivity index (χ1v) is 8.02. The van der Waals surface area contributed by atoms with Crippen molar-refractivity contribution >= 4 is 22.5 Å². The van der Waals surface area contributed by atoms with Crippen molar-refractivity contribution in [3.05, 3.63) is 41.3 Å². The molecule has 23 heavy (non-hydrogen) atoms. The Labute approximate surface area is 133 Å². The first kappa shape index (κ1) is 12.9. The third kappa shape index (κ3) is 1.91. The Hall–Kier alpha value is -2.63. The molecule has 116 valence electrons. The van der Waals surface area contributed by atoms with Gasteiger partial charge in [0, 0.05) is 23.9 Å². The Kier molecular flexibility index (Phi) is 2.48. The molecule has 1 fully saturated rings. The van der Waals surface area contributed by atoms with Crippen molar-refractivity contribution in [1.82, 2.24) is 19.7 Å². The molecule has 5 rings (SSSR count). The van der Waals surface area contributed by atoms with E-state index in [1.807, 2.05) is 19.2 Å². The number of aromatic nitrogens is 4. The summed E-state index contributed by atoms with van der Waals surface area (Å²) in [7, 11) is 1.89. The lowest BCUT2D eigenvalue weighted by Crippen LogP contribution is -2.19. The molecule has 6 heteroatoms. The second-order valence-corrected chi connectivity index (χ2v) is 6.49. The maximum atomic E-state index is 6.14. The Morgan fingerprint density at radius 1 is 1.13 bits per heavy atom. The number of aryl methyl sites for hydroxylation is 1. The highest BCUT2D eigenvalue weighted by molar-refractivity contribution is 5.90. The number of nitrogen functional groups attached to an aromatic ring is 1. The summed E-state index contributed by atoms with van der Waals surface area (Å²) in [5, 5.41) is 5.62. The SMILES string of the molecule is Cn1nc2c(c1N)CN(c1nc(C3CC3)nc3ccccc13)C2. The third-order valence-electron chi connectivity index (χ3n) is 4.81. The molecule has 1 aromatic carbocycles. The first-order chi connectivity index (χ1) is 11.2. The minimum absolute atomic E-state index is 0.535. The molecule has 0 atom stereocenters. The number of hydrogen-bond donors (Lipinski definition) is 1. The fourth-order valence-electron chi connectivity index (χ4n) is 3.36. The van der Waals surface area contributed by atoms with Crippen molar-refractivity contribution in [2.75, 3.05) is 10.6 Å². The molecule has 3 heterocycles. The molecule has 1 aliphatic carbocycles. The van der Waals surface area contributed by atoms with Crippen LogP contribution >= 0.6 is 0 Å². The molecular formula is C17H18N6. The third-order valence-corrected chi connectivity index (χ3v) is 4.81. The lowest BCUT2D eigenvalue weighted by atomic mass is 10.2. The standard InChI is InChI=1S/C17H18N6/c1-22-15(18)12-8-23(9-14(12)21-22)17-11-4-2-3-5-13(11)19-16(20-17)10-6-7-10/h2-5,10H,6-9,18H2,1H3. The van der Waals surface area contributed by atoms with Gasteiger partial charge in [0.1, 0.15) is 17.5 Å². The van der Waals surface area contributed by atoms with Crippen molar-refractivity contribution in [2.24, 2.45) is 7.05 Å². The van der Waals surface area contributed by atoms with Gasteiger partial charge in [0.05, 0.1) is 24.3 Å². The molecule has 0 radical (unpaired) electrons. The van der Waals surface area contributed by atoms with E-state index in [2.05, 4.69) is 22.1 Å². The zero-order chi connectivity index (χ0) is 15.6. The number of fused-ring (bicyclic) bond motifs is 2. The largest absolute Gasteiger partial charge is 0.384 e. The molecule has 1 saturated carbocycles. The Morgan fingerprint density at radius 2 is 1.96 bits per heavy atom. The number of para-hydroxylation sites is 1. The van der Waals surface area contributed by atoms with E-state index in [4.69, 9.17) is 15.7 Å². The molecular weight excluding hydrogens is 288 g/mol. The Balaban J connectivity index is 1.63. The van der Waals surface area contributed by atoms with Gasteiger partial charge in [0.2, 0.25) is 0 Å². The second-order valence-electron chi connectivity index (χ2n) is 6.49. The van der Waals surface area contributed by atoms with Crippen LogP contribution in [0.15, 0.2) is 24.3 Å². The predicted octanol–water partition coefficient (Wildman–Crippen LogP) is 2.34. The van der Waals surface area contributed by atoms with Crippen LogP contribution in [0.3, 0.4) is 0 Å². The average Bonchev–Trinajstić information content (AvgIpc) is 3.28. The molecule has 0 spiro atoms. The van der Waals surface area contributed by atoms with Gasteiger partial charge in [0.15, 0.2) is 0 Å². The van der Waals surface area contributed by atoms with Crippen LogP contribution in [0.1, 0.15) is 35.8 Å². The van der Waals surface area contributed by atoms with Gasteiger partial charge < -0.3 is 10.6 Å². The normalized spacial score (nSPS) is 17.0. The fraction of sp³-hybridized carbons (Fsp3) is 0.353. The quantitative estimate of drug-likeness (QED) is 0.786. The van der Waals surface area contributed by atoms with E-state index in [1.165, 1.54) is 12.8 Å². The van der Waals surface area contributed by atoms with Gasteiger partial charge in [-0.05, 0) is 25.0 Å². The molecule has 0 amide bonds. The molecule has 2 aliphatic rings. The molecule has 0 unspecified atom stereocenters. The Morgan fingerprint density at radius 3 is 2.74 bits per heavy atom. The summed E-state index contributed by atoms with van der Waals surface area (Å²) in [6.45, 7) is 1.52. The molecule has 2 aromatic heterocycles. The van der Waals surface area contributed by atoms with Gasteiger partial charge in [-0.2, -0.15) is 5.10 Å². The predicted molar refractivity (Wildman–Crippen MR) is 89.0 cm³/mol. The number of hydrogen-bond acceptors (Lipinski definition) is 5. The highest BCUT2D eigenvalue weighted by atomic mass is 15.3. The highest BCUT2D eigenvalue weighted by Crippen LogP contribution is 2.41. The van der Waals surface area contributed by atoms with Crippen LogP contribution in [0.2, 0.25) is 0 Å². The van der Waals surface area contributed by atoms with Gasteiger partial charge in [-0.3, -0.25) is 4.68 Å². The van der Waals surface area contributed by atoms with Crippen molar-refractivity contribution < 1.29 is 0 Å². The fourth-order valence-corrected chi connectivity index (χ4v) is 3.36. The summed E-state index contributed by atoms with van der Waals surface area (Å²) in [6.07, 6.45) is 2.40. The summed E-state index contributed by atoms with van der Waals surface area (Å²) >= 11 is 0. The maximum absolute atomic E-state index is 6.14. The summed E-state index contributed by atoms with van der Waals surface area (Å²) in [5.74, 6) is 3.28. The van der Waals surface area contributed by atoms with Crippen LogP contribution < -0.4 is 10.6 Å². The molecule has 3 aromatic rings. The summed E-state index contributed by atoms with van der Waals surface area (Å²) < 4.78 is 1.76. The zero-order valence-corrected chi connectivity index (χ0v) is 13.0. The lowest BCUT2D eigenvalue weighted by molar-refractivity contribution is 0.730. The topological polar surface area (TPSA) is 72.9 Å². The number of benzene rings is 1. The van der Waals surface area contributed by atoms with E-state index >= 15 is 0 Å². The minimum Gasteiger partial charge on any atom is -0.384 e. The number of nitrogens with zero attached hydrogens (tertiary/aromatic N) is 5. The van der Waals surface area contributed by atoms with E-state index in [0.717, 1.165) is 52.7 Å². The number of anilines is 2. The van der Waals surface area contributed by atoms with Gasteiger partial charge in [-0.1, -0.05) is 12.1 Å². The van der Waals surface area contributed by atoms with Gasteiger partial charge >= 0.3 is 0 Å². The monoisotopic (exact) mass is 306 g/mol. The maximum Gasteiger partial charge on any atom is 0.140 e. The van der Waals surface area contributed by atoms with Crippen LogP contribution in [-0.2, 0) is 20.1 Å². The lowest BCUT2D eigenvalue weighted by Gasteiger charge is -2.20. The summed E-state index contributed by atoms with van der Waals surface area (Å²) in [4.78, 5) is 11.9. The van der Waals surface area contributed by atoms with Crippen LogP contribution in [-0.4, -0.2) is 19.7 Å². The van der Waals surface area contributed by atoms with Gasteiger partial charge in [0.25, 0.3) is 0 Å². The molecule has 6 nitrogen and oxygen atoms in total. The zero-order valence-electron chi connectivity index (χ0n) is 13.0. The summed E-state index contributed by atoms with van der Waals surface area (Å²) in [6, 6.07) is 8.25. The second kappa shape index (κ2) is 4.44.